The van der Waals surface area contributed by atoms with Gasteiger partial charge < -0.3 is 4.84 Å². The molecule has 1 aromatic carbocycles. The van der Waals surface area contributed by atoms with E-state index in [4.69, 9.17) is 16.4 Å². The summed E-state index contributed by atoms with van der Waals surface area (Å²) in [4.78, 5) is 16.4. The highest BCUT2D eigenvalue weighted by atomic mass is 35.5. The molecule has 1 atom stereocenters. The Morgan fingerprint density at radius 1 is 1.44 bits per heavy atom. The molecule has 0 bridgehead atoms. The van der Waals surface area contributed by atoms with Crippen molar-refractivity contribution in [1.82, 2.24) is 0 Å². The molecule has 1 aromatic rings. The number of rotatable bonds is 3. The van der Waals surface area contributed by atoms with Crippen molar-refractivity contribution in [2.24, 2.45) is 0 Å². The van der Waals surface area contributed by atoms with E-state index in [2.05, 4.69) is 0 Å². The lowest BCUT2D eigenvalue weighted by molar-refractivity contribution is -0.112. The van der Waals surface area contributed by atoms with E-state index < -0.39 is 0 Å². The van der Waals surface area contributed by atoms with Crippen molar-refractivity contribution >= 4 is 22.5 Å². The second-order valence-corrected chi connectivity index (χ2v) is 4.13. The van der Waals surface area contributed by atoms with Gasteiger partial charge in [-0.2, -0.15) is 0 Å². The fourth-order valence-corrected chi connectivity index (χ4v) is 1.83. The lowest BCUT2D eigenvalue weighted by atomic mass is 10.1. The van der Waals surface area contributed by atoms with Crippen molar-refractivity contribution < 1.29 is 9.63 Å². The summed E-state index contributed by atoms with van der Waals surface area (Å²) in [5.74, 6) is 0. The molecule has 0 saturated carbocycles. The first-order chi connectivity index (χ1) is 7.68. The summed E-state index contributed by atoms with van der Waals surface area (Å²) >= 11 is 5.43. The zero-order valence-electron chi connectivity index (χ0n) is 8.89. The van der Waals surface area contributed by atoms with Crippen molar-refractivity contribution in [1.29, 1.82) is 0 Å². The van der Waals surface area contributed by atoms with E-state index in [1.165, 1.54) is 0 Å². The van der Waals surface area contributed by atoms with Crippen molar-refractivity contribution in [3.8, 4) is 0 Å². The van der Waals surface area contributed by atoms with Gasteiger partial charge in [0, 0.05) is 6.42 Å². The Labute approximate surface area is 99.2 Å². The number of carbonyl (C=O) groups excluding carboxylic acids is 1. The maximum atomic E-state index is 11.0. The van der Waals surface area contributed by atoms with Crippen LogP contribution in [0.4, 0.5) is 5.69 Å². The fourth-order valence-electron chi connectivity index (χ4n) is 1.69. The van der Waals surface area contributed by atoms with Gasteiger partial charge in [-0.3, -0.25) is 4.79 Å². The molecule has 1 unspecified atom stereocenters. The quantitative estimate of drug-likeness (QED) is 0.757. The van der Waals surface area contributed by atoms with Crippen molar-refractivity contribution in [2.75, 3.05) is 5.06 Å². The number of anilines is 1. The lowest BCUT2D eigenvalue weighted by Crippen LogP contribution is -2.31. The molecule has 0 aromatic heterocycles. The summed E-state index contributed by atoms with van der Waals surface area (Å²) in [5, 5.41) is 1.35. The largest absolute Gasteiger partial charge is 0.387 e. The normalized spacial score (nSPS) is 19.2. The molecule has 0 fully saturated rings. The van der Waals surface area contributed by atoms with Crippen LogP contribution in [0.3, 0.4) is 0 Å². The van der Waals surface area contributed by atoms with Gasteiger partial charge in [-0.25, -0.2) is 5.06 Å². The Balaban J connectivity index is 2.20. The maximum absolute atomic E-state index is 11.0. The predicted molar refractivity (Wildman–Crippen MR) is 63.0 cm³/mol. The van der Waals surface area contributed by atoms with E-state index >= 15 is 0 Å². The van der Waals surface area contributed by atoms with Gasteiger partial charge >= 0.3 is 0 Å². The highest BCUT2D eigenvalue weighted by Gasteiger charge is 2.28. The van der Waals surface area contributed by atoms with Crippen LogP contribution in [0, 0.1) is 0 Å². The van der Waals surface area contributed by atoms with Gasteiger partial charge in [0.25, 0.3) is 0 Å². The SMILES string of the molecule is CC1=CON(c2ccccc2)C1CC(=O)Cl. The van der Waals surface area contributed by atoms with E-state index in [1.54, 1.807) is 11.3 Å². The average Bonchev–Trinajstić information content (AvgIpc) is 2.61. The number of halogens is 1. The predicted octanol–water partition coefficient (Wildman–Crippen LogP) is 2.87. The van der Waals surface area contributed by atoms with Crippen LogP contribution < -0.4 is 5.06 Å². The number of carbonyl (C=O) groups is 1. The van der Waals surface area contributed by atoms with Gasteiger partial charge in [0.15, 0.2) is 0 Å². The Morgan fingerprint density at radius 3 is 2.75 bits per heavy atom. The smallest absolute Gasteiger partial charge is 0.224 e. The van der Waals surface area contributed by atoms with E-state index in [-0.39, 0.29) is 17.7 Å². The monoisotopic (exact) mass is 237 g/mol. The molecule has 1 aliphatic rings. The summed E-state index contributed by atoms with van der Waals surface area (Å²) in [6.45, 7) is 1.92. The van der Waals surface area contributed by atoms with Gasteiger partial charge in [0.1, 0.15) is 6.26 Å². The summed E-state index contributed by atoms with van der Waals surface area (Å²) < 4.78 is 0. The number of para-hydroxylation sites is 1. The molecule has 1 aliphatic heterocycles. The van der Waals surface area contributed by atoms with Crippen LogP contribution in [0.15, 0.2) is 42.2 Å². The summed E-state index contributed by atoms with van der Waals surface area (Å²) in [6.07, 6.45) is 1.90. The number of hydrogen-bond donors (Lipinski definition) is 0. The number of nitrogens with zero attached hydrogens (tertiary/aromatic N) is 1. The highest BCUT2D eigenvalue weighted by Crippen LogP contribution is 2.28. The Morgan fingerprint density at radius 2 is 2.12 bits per heavy atom. The first-order valence-electron chi connectivity index (χ1n) is 5.04. The standard InChI is InChI=1S/C12H12ClNO2/c1-9-8-16-14(11(9)7-12(13)15)10-5-3-2-4-6-10/h2-6,8,11H,7H2,1H3. The van der Waals surface area contributed by atoms with Gasteiger partial charge in [0.2, 0.25) is 5.24 Å². The van der Waals surface area contributed by atoms with Gasteiger partial charge in [-0.1, -0.05) is 18.2 Å². The maximum Gasteiger partial charge on any atom is 0.224 e. The van der Waals surface area contributed by atoms with Crippen molar-refractivity contribution in [3.63, 3.8) is 0 Å². The molecule has 3 nitrogen and oxygen atoms in total. The van der Waals surface area contributed by atoms with Crippen molar-refractivity contribution in [2.45, 2.75) is 19.4 Å². The minimum absolute atomic E-state index is 0.104. The topological polar surface area (TPSA) is 29.5 Å². The zero-order chi connectivity index (χ0) is 11.5. The van der Waals surface area contributed by atoms with Gasteiger partial charge in [-0.15, -0.1) is 0 Å². The number of hydrogen-bond acceptors (Lipinski definition) is 3. The van der Waals surface area contributed by atoms with Crippen LogP contribution in [-0.2, 0) is 9.63 Å². The van der Waals surface area contributed by atoms with Crippen LogP contribution in [0.5, 0.6) is 0 Å². The van der Waals surface area contributed by atoms with Crippen LogP contribution in [0.25, 0.3) is 0 Å². The molecule has 0 aliphatic carbocycles. The minimum atomic E-state index is -0.357. The number of benzene rings is 1. The lowest BCUT2D eigenvalue weighted by Gasteiger charge is -2.24. The van der Waals surface area contributed by atoms with Crippen LogP contribution in [-0.4, -0.2) is 11.3 Å². The molecule has 0 amide bonds. The third kappa shape index (κ3) is 2.19. The third-order valence-electron chi connectivity index (χ3n) is 2.53. The van der Waals surface area contributed by atoms with Crippen molar-refractivity contribution in [3.05, 3.63) is 42.2 Å². The van der Waals surface area contributed by atoms with Gasteiger partial charge in [-0.05, 0) is 36.2 Å². The second-order valence-electron chi connectivity index (χ2n) is 3.70. The fraction of sp³-hybridized carbons (Fsp3) is 0.250. The van der Waals surface area contributed by atoms with E-state index in [9.17, 15) is 4.79 Å². The molecule has 0 radical (unpaired) electrons. The van der Waals surface area contributed by atoms with Gasteiger partial charge in [0.05, 0.1) is 11.7 Å². The van der Waals surface area contributed by atoms with E-state index in [0.29, 0.717) is 0 Å². The number of hydroxylamine groups is 1. The third-order valence-corrected chi connectivity index (χ3v) is 2.68. The molecular formula is C12H12ClNO2. The average molecular weight is 238 g/mol. The molecule has 4 heteroatoms. The van der Waals surface area contributed by atoms with Crippen LogP contribution in [0.2, 0.25) is 0 Å². The van der Waals surface area contributed by atoms with E-state index in [0.717, 1.165) is 11.3 Å². The van der Waals surface area contributed by atoms with Crippen LogP contribution in [0.1, 0.15) is 13.3 Å². The first-order valence-corrected chi connectivity index (χ1v) is 5.42. The second kappa shape index (κ2) is 4.58. The molecule has 0 saturated heterocycles. The summed E-state index contributed by atoms with van der Waals surface area (Å²) in [5.41, 5.74) is 1.91. The molecule has 0 spiro atoms. The molecule has 16 heavy (non-hydrogen) atoms. The zero-order valence-corrected chi connectivity index (χ0v) is 9.65. The molecular weight excluding hydrogens is 226 g/mol. The Bertz CT molecular complexity index is 416. The minimum Gasteiger partial charge on any atom is -0.387 e. The molecule has 1 heterocycles. The van der Waals surface area contributed by atoms with E-state index in [1.807, 2.05) is 37.3 Å². The Kier molecular flexibility index (Phi) is 3.15. The molecule has 2 rings (SSSR count). The molecule has 0 N–H and O–H groups in total. The molecule has 84 valence electrons. The Hall–Kier alpha value is -1.48. The highest BCUT2D eigenvalue weighted by molar-refractivity contribution is 6.63. The van der Waals surface area contributed by atoms with Crippen LogP contribution >= 0.6 is 11.6 Å². The summed E-state index contributed by atoms with van der Waals surface area (Å²) in [6, 6.07) is 9.53. The summed E-state index contributed by atoms with van der Waals surface area (Å²) in [7, 11) is 0. The first kappa shape index (κ1) is 11.0.